The van der Waals surface area contributed by atoms with Gasteiger partial charge in [-0.3, -0.25) is 9.59 Å². The van der Waals surface area contributed by atoms with Gasteiger partial charge in [0.05, 0.1) is 6.04 Å². The summed E-state index contributed by atoms with van der Waals surface area (Å²) in [4.78, 5) is 31.7. The van der Waals surface area contributed by atoms with E-state index >= 15 is 0 Å². The normalized spacial score (nSPS) is 16.6. The van der Waals surface area contributed by atoms with Gasteiger partial charge in [-0.25, -0.2) is 0 Å². The summed E-state index contributed by atoms with van der Waals surface area (Å²) in [6.45, 7) is 9.22. The molecular weight excluding hydrogens is 404 g/mol. The number of unbranched alkanes of at least 4 members (excludes halogenated alkanes) is 2. The molecule has 1 aliphatic rings. The number of benzene rings is 1. The van der Waals surface area contributed by atoms with E-state index in [0.717, 1.165) is 37.7 Å². The Kier molecular flexibility index (Phi) is 8.30. The molecule has 168 valence electrons. The van der Waals surface area contributed by atoms with Crippen molar-refractivity contribution in [3.8, 4) is 0 Å². The van der Waals surface area contributed by atoms with Crippen LogP contribution in [-0.4, -0.2) is 40.7 Å². The van der Waals surface area contributed by atoms with E-state index in [9.17, 15) is 9.59 Å². The van der Waals surface area contributed by atoms with Crippen LogP contribution in [0, 0.1) is 6.92 Å². The van der Waals surface area contributed by atoms with E-state index in [0.29, 0.717) is 13.0 Å². The molecular formula is C26H36N2O2S. The second-order valence-corrected chi connectivity index (χ2v) is 9.69. The number of hydrogen-bond donors (Lipinski definition) is 0. The Bertz CT molecular complexity index is 874. The smallest absolute Gasteiger partial charge is 0.243 e. The zero-order chi connectivity index (χ0) is 22.4. The molecule has 2 amide bonds. The van der Waals surface area contributed by atoms with Crippen LogP contribution in [-0.2, 0) is 16.0 Å². The zero-order valence-electron chi connectivity index (χ0n) is 19.4. The number of hydrogen-bond acceptors (Lipinski definition) is 3. The average molecular weight is 441 g/mol. The molecule has 1 aliphatic heterocycles. The van der Waals surface area contributed by atoms with Gasteiger partial charge in [0.15, 0.2) is 0 Å². The number of amides is 2. The van der Waals surface area contributed by atoms with Crippen LogP contribution in [0.15, 0.2) is 35.7 Å². The van der Waals surface area contributed by atoms with E-state index in [1.807, 2.05) is 9.80 Å². The summed E-state index contributed by atoms with van der Waals surface area (Å²) in [7, 11) is 0. The van der Waals surface area contributed by atoms with Crippen molar-refractivity contribution in [3.63, 3.8) is 0 Å². The first-order valence-corrected chi connectivity index (χ1v) is 12.6. The summed E-state index contributed by atoms with van der Waals surface area (Å²) in [6, 6.07) is 10.6. The first-order valence-electron chi connectivity index (χ1n) is 11.7. The fraction of sp³-hybridized carbons (Fsp3) is 0.538. The molecule has 1 aromatic heterocycles. The lowest BCUT2D eigenvalue weighted by Gasteiger charge is -2.38. The molecule has 0 spiro atoms. The highest BCUT2D eigenvalue weighted by Gasteiger charge is 2.34. The fourth-order valence-corrected chi connectivity index (χ4v) is 5.21. The average Bonchev–Trinajstić information content (AvgIpc) is 3.25. The molecule has 0 aliphatic carbocycles. The Morgan fingerprint density at radius 2 is 1.90 bits per heavy atom. The molecule has 2 heterocycles. The number of rotatable bonds is 9. The Balaban J connectivity index is 1.83. The van der Waals surface area contributed by atoms with Crippen molar-refractivity contribution >= 4 is 23.2 Å². The SMILES string of the molecule is CCCCCC(=O)N(CC(=O)N1CCc2sccc2C1c1ccc(C)cc1)C(C)CC. The van der Waals surface area contributed by atoms with Crippen LogP contribution in [0.25, 0.3) is 0 Å². The monoisotopic (exact) mass is 440 g/mol. The number of thiophene rings is 1. The van der Waals surface area contributed by atoms with Gasteiger partial charge >= 0.3 is 0 Å². The molecule has 2 unspecified atom stereocenters. The van der Waals surface area contributed by atoms with Crippen molar-refractivity contribution in [1.82, 2.24) is 9.80 Å². The van der Waals surface area contributed by atoms with Crippen LogP contribution in [0.4, 0.5) is 0 Å². The lowest BCUT2D eigenvalue weighted by molar-refractivity contribution is -0.143. The van der Waals surface area contributed by atoms with E-state index in [2.05, 4.69) is 63.4 Å². The van der Waals surface area contributed by atoms with Gasteiger partial charge in [0.2, 0.25) is 11.8 Å². The predicted molar refractivity (Wildman–Crippen MR) is 128 cm³/mol. The third kappa shape index (κ3) is 5.57. The summed E-state index contributed by atoms with van der Waals surface area (Å²) in [5.41, 5.74) is 3.59. The summed E-state index contributed by atoms with van der Waals surface area (Å²) in [5.74, 6) is 0.155. The van der Waals surface area contributed by atoms with Crippen molar-refractivity contribution in [1.29, 1.82) is 0 Å². The molecule has 2 aromatic rings. The number of fused-ring (bicyclic) bond motifs is 1. The van der Waals surface area contributed by atoms with Crippen molar-refractivity contribution in [2.75, 3.05) is 13.1 Å². The molecule has 31 heavy (non-hydrogen) atoms. The highest BCUT2D eigenvalue weighted by atomic mass is 32.1. The van der Waals surface area contributed by atoms with Gasteiger partial charge in [-0.2, -0.15) is 0 Å². The van der Waals surface area contributed by atoms with Gasteiger partial charge in [0.25, 0.3) is 0 Å². The number of carbonyl (C=O) groups excluding carboxylic acids is 2. The summed E-state index contributed by atoms with van der Waals surface area (Å²) in [5, 5.41) is 2.13. The van der Waals surface area contributed by atoms with Gasteiger partial charge in [0.1, 0.15) is 6.54 Å². The molecule has 0 saturated heterocycles. The highest BCUT2D eigenvalue weighted by Crippen LogP contribution is 2.38. The first kappa shape index (κ1) is 23.5. The minimum Gasteiger partial charge on any atom is -0.331 e. The zero-order valence-corrected chi connectivity index (χ0v) is 20.2. The van der Waals surface area contributed by atoms with Crippen LogP contribution < -0.4 is 0 Å². The van der Waals surface area contributed by atoms with Crippen LogP contribution in [0.2, 0.25) is 0 Å². The second kappa shape index (κ2) is 10.9. The summed E-state index contributed by atoms with van der Waals surface area (Å²) < 4.78 is 0. The minimum absolute atomic E-state index is 0.0477. The molecule has 0 saturated carbocycles. The van der Waals surface area contributed by atoms with Gasteiger partial charge < -0.3 is 9.80 Å². The van der Waals surface area contributed by atoms with Crippen LogP contribution in [0.1, 0.15) is 80.5 Å². The molecule has 4 nitrogen and oxygen atoms in total. The standard InChI is InChI=1S/C26H36N2O2S/c1-5-7-8-9-24(29)28(20(4)6-2)18-25(30)27-16-14-23-22(15-17-31-23)26(27)21-12-10-19(3)11-13-21/h10-13,15,17,20,26H,5-9,14,16,18H2,1-4H3. The minimum atomic E-state index is -0.0722. The maximum Gasteiger partial charge on any atom is 0.243 e. The van der Waals surface area contributed by atoms with Crippen LogP contribution in [0.5, 0.6) is 0 Å². The second-order valence-electron chi connectivity index (χ2n) is 8.69. The van der Waals surface area contributed by atoms with Crippen LogP contribution in [0.3, 0.4) is 0 Å². The maximum absolute atomic E-state index is 13.6. The Hall–Kier alpha value is -2.14. The number of nitrogens with zero attached hydrogens (tertiary/aromatic N) is 2. The fourth-order valence-electron chi connectivity index (χ4n) is 4.31. The molecule has 3 rings (SSSR count). The topological polar surface area (TPSA) is 40.6 Å². The Morgan fingerprint density at radius 3 is 2.58 bits per heavy atom. The van der Waals surface area contributed by atoms with E-state index in [-0.39, 0.29) is 30.4 Å². The lowest BCUT2D eigenvalue weighted by Crippen LogP contribution is -2.49. The third-order valence-electron chi connectivity index (χ3n) is 6.42. The first-order chi connectivity index (χ1) is 15.0. The van der Waals surface area contributed by atoms with Gasteiger partial charge in [0, 0.05) is 23.9 Å². The lowest BCUT2D eigenvalue weighted by atomic mass is 9.92. The highest BCUT2D eigenvalue weighted by molar-refractivity contribution is 7.10. The predicted octanol–water partition coefficient (Wildman–Crippen LogP) is 5.74. The Labute approximate surface area is 191 Å². The largest absolute Gasteiger partial charge is 0.331 e. The van der Waals surface area contributed by atoms with E-state index in [4.69, 9.17) is 0 Å². The number of carbonyl (C=O) groups is 2. The quantitative estimate of drug-likeness (QED) is 0.467. The van der Waals surface area contributed by atoms with Gasteiger partial charge in [-0.05, 0) is 55.7 Å². The molecule has 1 aromatic carbocycles. The summed E-state index contributed by atoms with van der Waals surface area (Å²) >= 11 is 1.78. The molecule has 0 bridgehead atoms. The van der Waals surface area contributed by atoms with Crippen molar-refractivity contribution in [3.05, 3.63) is 57.3 Å². The van der Waals surface area contributed by atoms with E-state index in [1.165, 1.54) is 16.0 Å². The molecule has 0 N–H and O–H groups in total. The van der Waals surface area contributed by atoms with E-state index in [1.54, 1.807) is 11.3 Å². The number of aryl methyl sites for hydroxylation is 1. The molecule has 0 fully saturated rings. The van der Waals surface area contributed by atoms with Crippen LogP contribution >= 0.6 is 11.3 Å². The molecule has 0 radical (unpaired) electrons. The Morgan fingerprint density at radius 1 is 1.16 bits per heavy atom. The third-order valence-corrected chi connectivity index (χ3v) is 7.42. The van der Waals surface area contributed by atoms with Crippen molar-refractivity contribution < 1.29 is 9.59 Å². The van der Waals surface area contributed by atoms with Crippen molar-refractivity contribution in [2.45, 2.75) is 78.3 Å². The van der Waals surface area contributed by atoms with E-state index < -0.39 is 0 Å². The van der Waals surface area contributed by atoms with Gasteiger partial charge in [-0.15, -0.1) is 11.3 Å². The van der Waals surface area contributed by atoms with Gasteiger partial charge in [-0.1, -0.05) is 56.5 Å². The molecule has 5 heteroatoms. The maximum atomic E-state index is 13.6. The summed E-state index contributed by atoms with van der Waals surface area (Å²) in [6.07, 6.45) is 5.30. The van der Waals surface area contributed by atoms with Crippen molar-refractivity contribution in [2.24, 2.45) is 0 Å². The molecule has 2 atom stereocenters.